The number of nitrogens with one attached hydrogen (secondary N) is 1. The van der Waals surface area contributed by atoms with Crippen LogP contribution in [0.5, 0.6) is 0 Å². The smallest absolute Gasteiger partial charge is 0.324 e. The first-order valence-electron chi connectivity index (χ1n) is 2.74. The third-order valence-electron chi connectivity index (χ3n) is 1.34. The van der Waals surface area contributed by atoms with Gasteiger partial charge in [0, 0.05) is 0 Å². The van der Waals surface area contributed by atoms with Crippen LogP contribution in [0.4, 0.5) is 0 Å². The zero-order valence-electron chi connectivity index (χ0n) is 5.13. The Hall–Kier alpha value is -0.610. The zero-order chi connectivity index (χ0) is 6.85. The molecule has 0 saturated carbocycles. The van der Waals surface area contributed by atoms with Crippen molar-refractivity contribution in [2.75, 3.05) is 13.7 Å². The highest BCUT2D eigenvalue weighted by molar-refractivity contribution is 5.80. The molecule has 1 fully saturated rings. The first-order valence-corrected chi connectivity index (χ1v) is 2.74. The third-order valence-corrected chi connectivity index (χ3v) is 1.34. The molecule has 4 nitrogen and oxygen atoms in total. The Morgan fingerprint density at radius 1 is 1.89 bits per heavy atom. The molecule has 9 heavy (non-hydrogen) atoms. The lowest BCUT2D eigenvalue weighted by Gasteiger charge is -1.91. The highest BCUT2D eigenvalue weighted by atomic mass is 16.5. The van der Waals surface area contributed by atoms with Crippen molar-refractivity contribution in [1.82, 2.24) is 5.32 Å². The van der Waals surface area contributed by atoms with Crippen LogP contribution in [0.1, 0.15) is 0 Å². The molecular weight excluding hydrogens is 122 g/mol. The second-order valence-electron chi connectivity index (χ2n) is 1.96. The van der Waals surface area contributed by atoms with Gasteiger partial charge in [0.25, 0.3) is 0 Å². The van der Waals surface area contributed by atoms with Gasteiger partial charge in [-0.15, -0.1) is 0 Å². The van der Waals surface area contributed by atoms with Crippen molar-refractivity contribution in [3.05, 3.63) is 0 Å². The zero-order valence-corrected chi connectivity index (χ0v) is 5.13. The van der Waals surface area contributed by atoms with Crippen LogP contribution < -0.4 is 5.32 Å². The Balaban J connectivity index is 2.25. The van der Waals surface area contributed by atoms with Gasteiger partial charge in [-0.3, -0.25) is 10.1 Å². The molecule has 2 atom stereocenters. The summed E-state index contributed by atoms with van der Waals surface area (Å²) in [6.45, 7) is -0.000231. The first kappa shape index (κ1) is 6.51. The Bertz CT molecular complexity index is 125. The van der Waals surface area contributed by atoms with Crippen LogP contribution in [0.2, 0.25) is 0 Å². The number of rotatable bonds is 2. The van der Waals surface area contributed by atoms with Gasteiger partial charge in [-0.25, -0.2) is 0 Å². The van der Waals surface area contributed by atoms with E-state index in [1.807, 2.05) is 0 Å². The maximum Gasteiger partial charge on any atom is 0.324 e. The fraction of sp³-hybridized carbons (Fsp3) is 0.800. The molecule has 0 aliphatic carbocycles. The van der Waals surface area contributed by atoms with Gasteiger partial charge in [-0.1, -0.05) is 0 Å². The van der Waals surface area contributed by atoms with E-state index in [-0.39, 0.29) is 24.7 Å². The first-order chi connectivity index (χ1) is 4.29. The molecule has 0 aromatic heterocycles. The van der Waals surface area contributed by atoms with Crippen molar-refractivity contribution in [3.8, 4) is 0 Å². The number of carbonyl (C=O) groups is 1. The van der Waals surface area contributed by atoms with Gasteiger partial charge in [0.05, 0.1) is 19.8 Å². The van der Waals surface area contributed by atoms with Crippen LogP contribution in [0.15, 0.2) is 0 Å². The van der Waals surface area contributed by atoms with E-state index in [1.165, 1.54) is 7.11 Å². The summed E-state index contributed by atoms with van der Waals surface area (Å²) in [5, 5.41) is 11.2. The molecular formula is C5H9NO3. The van der Waals surface area contributed by atoms with Crippen molar-refractivity contribution in [2.24, 2.45) is 0 Å². The van der Waals surface area contributed by atoms with E-state index in [4.69, 9.17) is 5.11 Å². The molecule has 1 aliphatic rings. The summed E-state index contributed by atoms with van der Waals surface area (Å²) in [5.41, 5.74) is 0. The molecule has 2 N–H and O–H groups in total. The lowest BCUT2D eigenvalue weighted by molar-refractivity contribution is -0.140. The lowest BCUT2D eigenvalue weighted by atomic mass is 10.3. The van der Waals surface area contributed by atoms with Crippen LogP contribution in [-0.2, 0) is 9.53 Å². The number of esters is 1. The van der Waals surface area contributed by atoms with E-state index in [0.717, 1.165) is 0 Å². The molecule has 0 radical (unpaired) electrons. The van der Waals surface area contributed by atoms with Crippen molar-refractivity contribution >= 4 is 5.97 Å². The largest absolute Gasteiger partial charge is 0.468 e. The van der Waals surface area contributed by atoms with Crippen molar-refractivity contribution < 1.29 is 14.6 Å². The van der Waals surface area contributed by atoms with Crippen LogP contribution in [-0.4, -0.2) is 36.9 Å². The predicted octanol–water partition coefficient (Wildman–Crippen LogP) is -1.51. The summed E-state index contributed by atoms with van der Waals surface area (Å²) < 4.78 is 4.39. The summed E-state index contributed by atoms with van der Waals surface area (Å²) in [6.07, 6.45) is 0. The molecule has 0 bridgehead atoms. The molecule has 0 aromatic carbocycles. The summed E-state index contributed by atoms with van der Waals surface area (Å²) in [7, 11) is 1.33. The number of aliphatic hydroxyl groups is 1. The number of ether oxygens (including phenoxy) is 1. The molecule has 0 aromatic rings. The monoisotopic (exact) mass is 131 g/mol. The Labute approximate surface area is 52.8 Å². The van der Waals surface area contributed by atoms with E-state index in [0.29, 0.717) is 0 Å². The fourth-order valence-electron chi connectivity index (χ4n) is 0.692. The molecule has 4 heteroatoms. The van der Waals surface area contributed by atoms with Gasteiger partial charge in [0.1, 0.15) is 6.04 Å². The van der Waals surface area contributed by atoms with Gasteiger partial charge in [0.15, 0.2) is 0 Å². The van der Waals surface area contributed by atoms with Gasteiger partial charge in [0.2, 0.25) is 0 Å². The van der Waals surface area contributed by atoms with Gasteiger partial charge in [-0.2, -0.15) is 0 Å². The van der Waals surface area contributed by atoms with Crippen LogP contribution in [0.3, 0.4) is 0 Å². The number of hydrogen-bond donors (Lipinski definition) is 2. The maximum atomic E-state index is 10.5. The molecule has 1 heterocycles. The number of hydrogen-bond acceptors (Lipinski definition) is 4. The summed E-state index contributed by atoms with van der Waals surface area (Å²) in [5.74, 6) is -0.297. The maximum absolute atomic E-state index is 10.5. The fourth-order valence-corrected chi connectivity index (χ4v) is 0.692. The SMILES string of the molecule is COC(=O)C1NC1CO. The summed E-state index contributed by atoms with van der Waals surface area (Å²) in [6, 6.07) is -0.336. The average molecular weight is 131 g/mol. The third kappa shape index (κ3) is 1.20. The highest BCUT2D eigenvalue weighted by Crippen LogP contribution is 2.10. The molecule has 52 valence electrons. The number of methoxy groups -OCH3 is 1. The molecule has 1 saturated heterocycles. The van der Waals surface area contributed by atoms with Gasteiger partial charge in [-0.05, 0) is 0 Å². The highest BCUT2D eigenvalue weighted by Gasteiger charge is 2.42. The van der Waals surface area contributed by atoms with E-state index >= 15 is 0 Å². The molecule has 0 spiro atoms. The minimum atomic E-state index is -0.297. The molecule has 1 aliphatic heterocycles. The predicted molar refractivity (Wildman–Crippen MR) is 29.8 cm³/mol. The minimum absolute atomic E-state index is 0.000231. The van der Waals surface area contributed by atoms with Crippen molar-refractivity contribution in [3.63, 3.8) is 0 Å². The Kier molecular flexibility index (Phi) is 1.68. The molecule has 1 rings (SSSR count). The standard InChI is InChI=1S/C5H9NO3/c1-9-5(8)4-3(2-7)6-4/h3-4,6-7H,2H2,1H3. The summed E-state index contributed by atoms with van der Waals surface area (Å²) >= 11 is 0. The van der Waals surface area contributed by atoms with E-state index < -0.39 is 0 Å². The molecule has 2 unspecified atom stereocenters. The van der Waals surface area contributed by atoms with Crippen molar-refractivity contribution in [2.45, 2.75) is 12.1 Å². The van der Waals surface area contributed by atoms with E-state index in [9.17, 15) is 4.79 Å². The topological polar surface area (TPSA) is 68.5 Å². The van der Waals surface area contributed by atoms with Gasteiger partial charge >= 0.3 is 5.97 Å². The quantitative estimate of drug-likeness (QED) is 0.353. The van der Waals surface area contributed by atoms with E-state index in [1.54, 1.807) is 0 Å². The second kappa shape index (κ2) is 2.33. The van der Waals surface area contributed by atoms with Crippen LogP contribution in [0, 0.1) is 0 Å². The Morgan fingerprint density at radius 2 is 2.56 bits per heavy atom. The average Bonchev–Trinajstić information content (AvgIpc) is 2.64. The normalized spacial score (nSPS) is 31.8. The second-order valence-corrected chi connectivity index (χ2v) is 1.96. The Morgan fingerprint density at radius 3 is 2.89 bits per heavy atom. The number of aliphatic hydroxyl groups excluding tert-OH is 1. The minimum Gasteiger partial charge on any atom is -0.468 e. The number of carbonyl (C=O) groups excluding carboxylic acids is 1. The van der Waals surface area contributed by atoms with Gasteiger partial charge < -0.3 is 9.84 Å². The summed E-state index contributed by atoms with van der Waals surface area (Å²) in [4.78, 5) is 10.5. The van der Waals surface area contributed by atoms with E-state index in [2.05, 4.69) is 10.1 Å². The van der Waals surface area contributed by atoms with Crippen molar-refractivity contribution in [1.29, 1.82) is 0 Å². The lowest BCUT2D eigenvalue weighted by Crippen LogP contribution is -2.13. The van der Waals surface area contributed by atoms with Crippen LogP contribution in [0.25, 0.3) is 0 Å². The van der Waals surface area contributed by atoms with Crippen LogP contribution >= 0.6 is 0 Å². The molecule has 0 amide bonds.